The monoisotopic (exact) mass is 252 g/mol. The van der Waals surface area contributed by atoms with Gasteiger partial charge >= 0.3 is 5.97 Å². The molecule has 1 saturated heterocycles. The predicted octanol–water partition coefficient (Wildman–Crippen LogP) is 1.07. The molecule has 1 N–H and O–H groups in total. The molecular weight excluding hydrogens is 240 g/mol. The predicted molar refractivity (Wildman–Crippen MR) is 63.8 cm³/mol. The molecule has 1 aliphatic rings. The van der Waals surface area contributed by atoms with E-state index in [4.69, 9.17) is 5.11 Å². The molecule has 0 aliphatic carbocycles. The third-order valence-electron chi connectivity index (χ3n) is 2.67. The Bertz CT molecular complexity index is 438. The fourth-order valence-electron chi connectivity index (χ4n) is 1.78. The van der Waals surface area contributed by atoms with Gasteiger partial charge in [-0.1, -0.05) is 0 Å². The maximum Gasteiger partial charge on any atom is 0.327 e. The summed E-state index contributed by atoms with van der Waals surface area (Å²) in [6, 6.07) is 2.45. The van der Waals surface area contributed by atoms with Gasteiger partial charge in [-0.15, -0.1) is 11.8 Å². The summed E-state index contributed by atoms with van der Waals surface area (Å²) in [6.45, 7) is 1.84. The maximum atomic E-state index is 12.2. The molecule has 0 aromatic carbocycles. The van der Waals surface area contributed by atoms with Gasteiger partial charge in [0.15, 0.2) is 0 Å². The number of amides is 1. The van der Waals surface area contributed by atoms with Gasteiger partial charge in [0.2, 0.25) is 0 Å². The smallest absolute Gasteiger partial charge is 0.327 e. The van der Waals surface area contributed by atoms with E-state index in [1.165, 1.54) is 29.1 Å². The van der Waals surface area contributed by atoms with Gasteiger partial charge in [0.25, 0.3) is 5.91 Å². The number of aromatic nitrogens is 1. The van der Waals surface area contributed by atoms with Gasteiger partial charge in [-0.3, -0.25) is 9.78 Å². The Kier molecular flexibility index (Phi) is 3.33. The Labute approximate surface area is 103 Å². The first kappa shape index (κ1) is 11.9. The number of carbonyl (C=O) groups excluding carboxylic acids is 1. The number of carbonyl (C=O) groups is 2. The highest BCUT2D eigenvalue weighted by Gasteiger charge is 2.39. The molecule has 90 valence electrons. The van der Waals surface area contributed by atoms with Gasteiger partial charge in [0, 0.05) is 23.7 Å². The van der Waals surface area contributed by atoms with E-state index in [0.29, 0.717) is 11.3 Å². The Balaban J connectivity index is 2.26. The van der Waals surface area contributed by atoms with E-state index in [1.54, 1.807) is 12.1 Å². The molecule has 5 nitrogen and oxygen atoms in total. The number of rotatable bonds is 2. The minimum atomic E-state index is -0.954. The maximum absolute atomic E-state index is 12.2. The number of carboxylic acid groups (broad SMARTS) is 1. The molecule has 2 unspecified atom stereocenters. The highest BCUT2D eigenvalue weighted by Crippen LogP contribution is 2.30. The van der Waals surface area contributed by atoms with Crippen LogP contribution in [0, 0.1) is 0 Å². The lowest BCUT2D eigenvalue weighted by molar-refractivity contribution is -0.141. The molecule has 1 amide bonds. The normalized spacial score (nSPS) is 23.7. The van der Waals surface area contributed by atoms with Gasteiger partial charge in [-0.25, -0.2) is 4.79 Å². The second-order valence-corrected chi connectivity index (χ2v) is 5.08. The Hall–Kier alpha value is -1.56. The van der Waals surface area contributed by atoms with Crippen molar-refractivity contribution in [3.63, 3.8) is 0 Å². The minimum absolute atomic E-state index is 0.114. The Morgan fingerprint density at radius 3 is 2.71 bits per heavy atom. The Morgan fingerprint density at radius 2 is 2.12 bits per heavy atom. The van der Waals surface area contributed by atoms with Crippen LogP contribution in [0.3, 0.4) is 0 Å². The van der Waals surface area contributed by atoms with Crippen LogP contribution >= 0.6 is 11.8 Å². The van der Waals surface area contributed by atoms with Crippen molar-refractivity contribution in [2.24, 2.45) is 0 Å². The summed E-state index contributed by atoms with van der Waals surface area (Å²) in [6.07, 6.45) is 3.05. The molecule has 1 fully saturated rings. The molecule has 1 aromatic rings. The lowest BCUT2D eigenvalue weighted by Gasteiger charge is -2.24. The fraction of sp³-hybridized carbons (Fsp3) is 0.364. The molecule has 0 radical (unpaired) electrons. The zero-order chi connectivity index (χ0) is 12.4. The molecule has 6 heteroatoms. The number of hydrogen-bond donors (Lipinski definition) is 1. The number of nitrogens with zero attached hydrogens (tertiary/aromatic N) is 2. The van der Waals surface area contributed by atoms with Crippen LogP contribution in [0.15, 0.2) is 24.5 Å². The summed E-state index contributed by atoms with van der Waals surface area (Å²) >= 11 is 1.47. The molecule has 1 aliphatic heterocycles. The zero-order valence-electron chi connectivity index (χ0n) is 9.24. The van der Waals surface area contributed by atoms with E-state index in [-0.39, 0.29) is 11.3 Å². The van der Waals surface area contributed by atoms with Crippen molar-refractivity contribution in [1.29, 1.82) is 0 Å². The molecule has 0 saturated carbocycles. The standard InChI is InChI=1S/C11H12N2O3S/c1-7-13(9(6-17-7)11(15)16)10(14)8-2-4-12-5-3-8/h2-5,7,9H,6H2,1H3,(H,15,16). The summed E-state index contributed by atoms with van der Waals surface area (Å²) in [5, 5.41) is 8.96. The second kappa shape index (κ2) is 4.75. The van der Waals surface area contributed by atoms with Crippen LogP contribution < -0.4 is 0 Å². The highest BCUT2D eigenvalue weighted by molar-refractivity contribution is 8.00. The molecule has 2 heterocycles. The minimum Gasteiger partial charge on any atom is -0.480 e. The third kappa shape index (κ3) is 2.26. The van der Waals surface area contributed by atoms with Gasteiger partial charge in [0.1, 0.15) is 6.04 Å². The van der Waals surface area contributed by atoms with Crippen molar-refractivity contribution >= 4 is 23.6 Å². The molecule has 17 heavy (non-hydrogen) atoms. The van der Waals surface area contributed by atoms with E-state index < -0.39 is 12.0 Å². The van der Waals surface area contributed by atoms with Crippen molar-refractivity contribution in [1.82, 2.24) is 9.88 Å². The van der Waals surface area contributed by atoms with Crippen LogP contribution in [0.25, 0.3) is 0 Å². The van der Waals surface area contributed by atoms with Gasteiger partial charge < -0.3 is 10.0 Å². The quantitative estimate of drug-likeness (QED) is 0.852. The fourth-order valence-corrected chi connectivity index (χ4v) is 2.95. The number of carboxylic acids is 1. The van der Waals surface area contributed by atoms with Crippen molar-refractivity contribution in [2.45, 2.75) is 18.3 Å². The summed E-state index contributed by atoms with van der Waals surface area (Å²) in [5.41, 5.74) is 0.473. The average Bonchev–Trinajstić information content (AvgIpc) is 2.71. The summed E-state index contributed by atoms with van der Waals surface area (Å²) in [5.74, 6) is -0.769. The van der Waals surface area contributed by atoms with E-state index in [9.17, 15) is 9.59 Å². The summed E-state index contributed by atoms with van der Waals surface area (Å²) in [7, 11) is 0. The number of pyridine rings is 1. The van der Waals surface area contributed by atoms with Crippen LogP contribution in [0.1, 0.15) is 17.3 Å². The van der Waals surface area contributed by atoms with Crippen molar-refractivity contribution in [2.75, 3.05) is 5.75 Å². The van der Waals surface area contributed by atoms with Crippen LogP contribution in [0.5, 0.6) is 0 Å². The number of thioether (sulfide) groups is 1. The first-order chi connectivity index (χ1) is 8.11. The molecule has 2 rings (SSSR count). The molecule has 0 spiro atoms. The van der Waals surface area contributed by atoms with Crippen molar-refractivity contribution in [3.05, 3.63) is 30.1 Å². The van der Waals surface area contributed by atoms with Crippen molar-refractivity contribution in [3.8, 4) is 0 Å². The van der Waals surface area contributed by atoms with Gasteiger partial charge in [-0.2, -0.15) is 0 Å². The summed E-state index contributed by atoms with van der Waals surface area (Å²) < 4.78 is 0. The molecule has 2 atom stereocenters. The lowest BCUT2D eigenvalue weighted by Crippen LogP contribution is -2.44. The van der Waals surface area contributed by atoms with E-state index in [2.05, 4.69) is 4.98 Å². The van der Waals surface area contributed by atoms with Crippen LogP contribution in [-0.2, 0) is 4.79 Å². The average molecular weight is 252 g/mol. The first-order valence-corrected chi connectivity index (χ1v) is 6.23. The first-order valence-electron chi connectivity index (χ1n) is 5.18. The van der Waals surface area contributed by atoms with Crippen LogP contribution in [0.2, 0.25) is 0 Å². The largest absolute Gasteiger partial charge is 0.480 e. The zero-order valence-corrected chi connectivity index (χ0v) is 10.1. The van der Waals surface area contributed by atoms with Crippen molar-refractivity contribution < 1.29 is 14.7 Å². The van der Waals surface area contributed by atoms with Gasteiger partial charge in [0.05, 0.1) is 5.37 Å². The number of aliphatic carboxylic acids is 1. The molecule has 0 bridgehead atoms. The molecule has 1 aromatic heterocycles. The van der Waals surface area contributed by atoms with Crippen LogP contribution in [0.4, 0.5) is 0 Å². The summed E-state index contributed by atoms with van der Waals surface area (Å²) in [4.78, 5) is 28.5. The SMILES string of the molecule is CC1SCC(C(=O)O)N1C(=O)c1ccncc1. The van der Waals surface area contributed by atoms with Crippen LogP contribution in [-0.4, -0.2) is 44.0 Å². The lowest BCUT2D eigenvalue weighted by atomic mass is 10.2. The Morgan fingerprint density at radius 1 is 1.47 bits per heavy atom. The third-order valence-corrected chi connectivity index (χ3v) is 3.89. The van der Waals surface area contributed by atoms with E-state index >= 15 is 0 Å². The highest BCUT2D eigenvalue weighted by atomic mass is 32.2. The van der Waals surface area contributed by atoms with E-state index in [1.807, 2.05) is 6.92 Å². The topological polar surface area (TPSA) is 70.5 Å². The second-order valence-electron chi connectivity index (χ2n) is 3.73. The molecular formula is C11H12N2O3S. The van der Waals surface area contributed by atoms with E-state index in [0.717, 1.165) is 0 Å². The van der Waals surface area contributed by atoms with Gasteiger partial charge in [-0.05, 0) is 19.1 Å². The number of hydrogen-bond acceptors (Lipinski definition) is 4.